The predicted molar refractivity (Wildman–Crippen MR) is 96.0 cm³/mol. The van der Waals surface area contributed by atoms with Crippen molar-refractivity contribution in [1.29, 1.82) is 0 Å². The van der Waals surface area contributed by atoms with Crippen LogP contribution in [0.1, 0.15) is 53.4 Å². The van der Waals surface area contributed by atoms with E-state index in [0.717, 1.165) is 24.2 Å². The molecule has 0 saturated carbocycles. The highest BCUT2D eigenvalue weighted by molar-refractivity contribution is 6.00. The Bertz CT molecular complexity index is 699. The third-order valence-electron chi connectivity index (χ3n) is 4.97. The molecular formula is C19H26N2O4. The summed E-state index contributed by atoms with van der Waals surface area (Å²) in [5.41, 5.74) is 1.40. The third kappa shape index (κ3) is 3.30. The van der Waals surface area contributed by atoms with Gasteiger partial charge in [-0.25, -0.2) is 0 Å². The van der Waals surface area contributed by atoms with Crippen molar-refractivity contribution in [3.8, 4) is 11.5 Å². The van der Waals surface area contributed by atoms with Gasteiger partial charge in [0.05, 0.1) is 11.4 Å². The summed E-state index contributed by atoms with van der Waals surface area (Å²) >= 11 is 0. The van der Waals surface area contributed by atoms with Crippen molar-refractivity contribution in [3.63, 3.8) is 0 Å². The van der Waals surface area contributed by atoms with Crippen molar-refractivity contribution in [3.05, 3.63) is 12.1 Å². The largest absolute Gasteiger partial charge is 0.470 e. The van der Waals surface area contributed by atoms with Gasteiger partial charge in [-0.05, 0) is 11.8 Å². The number of rotatable bonds is 5. The van der Waals surface area contributed by atoms with E-state index in [9.17, 15) is 9.59 Å². The monoisotopic (exact) mass is 346 g/mol. The summed E-state index contributed by atoms with van der Waals surface area (Å²) in [6.07, 6.45) is 2.67. The van der Waals surface area contributed by atoms with Gasteiger partial charge in [-0.3, -0.25) is 19.4 Å². The Morgan fingerprint density at radius 1 is 1.00 bits per heavy atom. The number of benzene rings is 1. The fourth-order valence-electron chi connectivity index (χ4n) is 2.99. The van der Waals surface area contributed by atoms with Crippen LogP contribution in [0.2, 0.25) is 0 Å². The van der Waals surface area contributed by atoms with Gasteiger partial charge < -0.3 is 9.47 Å². The number of carbonyl (C=O) groups is 2. The fraction of sp³-hybridized carbons (Fsp3) is 0.579. The van der Waals surface area contributed by atoms with E-state index in [2.05, 4.69) is 20.8 Å². The second kappa shape index (κ2) is 6.58. The van der Waals surface area contributed by atoms with Crippen LogP contribution < -0.4 is 19.3 Å². The number of anilines is 2. The third-order valence-corrected chi connectivity index (χ3v) is 4.97. The highest BCUT2D eigenvalue weighted by Gasteiger charge is 2.34. The molecule has 2 aliphatic rings. The van der Waals surface area contributed by atoms with Crippen LogP contribution in [-0.4, -0.2) is 25.3 Å². The van der Waals surface area contributed by atoms with Gasteiger partial charge in [0.25, 0.3) is 0 Å². The van der Waals surface area contributed by atoms with Crippen molar-refractivity contribution in [2.45, 2.75) is 53.4 Å². The minimum Gasteiger partial charge on any atom is -0.470 e. The van der Waals surface area contributed by atoms with Crippen LogP contribution in [0.15, 0.2) is 12.1 Å². The van der Waals surface area contributed by atoms with Gasteiger partial charge in [0.15, 0.2) is 13.5 Å². The summed E-state index contributed by atoms with van der Waals surface area (Å²) in [6, 6.07) is 3.62. The molecule has 0 bridgehead atoms. The molecule has 0 radical (unpaired) electrons. The van der Waals surface area contributed by atoms with Crippen LogP contribution in [-0.2, 0) is 9.59 Å². The lowest BCUT2D eigenvalue weighted by atomic mass is 9.86. The first-order chi connectivity index (χ1) is 11.9. The van der Waals surface area contributed by atoms with Crippen LogP contribution in [0.3, 0.4) is 0 Å². The van der Waals surface area contributed by atoms with Crippen molar-refractivity contribution < 1.29 is 19.1 Å². The first kappa shape index (κ1) is 17.6. The summed E-state index contributed by atoms with van der Waals surface area (Å²) in [5.74, 6) is 1.33. The molecule has 0 saturated heterocycles. The second-order valence-corrected chi connectivity index (χ2v) is 7.42. The van der Waals surface area contributed by atoms with E-state index in [-0.39, 0.29) is 30.7 Å². The molecule has 0 aromatic heterocycles. The van der Waals surface area contributed by atoms with Crippen LogP contribution in [0.25, 0.3) is 0 Å². The predicted octanol–water partition coefficient (Wildman–Crippen LogP) is 3.68. The zero-order valence-corrected chi connectivity index (χ0v) is 15.4. The van der Waals surface area contributed by atoms with Crippen LogP contribution in [0, 0.1) is 5.41 Å². The van der Waals surface area contributed by atoms with Crippen LogP contribution >= 0.6 is 0 Å². The van der Waals surface area contributed by atoms with E-state index in [1.54, 1.807) is 9.80 Å². The average Bonchev–Trinajstić information content (AvgIpc) is 3.15. The van der Waals surface area contributed by atoms with Gasteiger partial charge in [-0.1, -0.05) is 34.1 Å². The molecule has 6 heteroatoms. The van der Waals surface area contributed by atoms with Gasteiger partial charge in [-0.2, -0.15) is 0 Å². The maximum Gasteiger partial charge on any atom is 0.230 e. The normalized spacial score (nSPS) is 15.5. The summed E-state index contributed by atoms with van der Waals surface area (Å²) in [6.45, 7) is 8.66. The van der Waals surface area contributed by atoms with Crippen molar-refractivity contribution in [2.75, 3.05) is 23.3 Å². The lowest BCUT2D eigenvalue weighted by molar-refractivity contribution is -0.121. The summed E-state index contributed by atoms with van der Waals surface area (Å²) in [7, 11) is 0. The zero-order chi connectivity index (χ0) is 18.2. The highest BCUT2D eigenvalue weighted by Crippen LogP contribution is 2.46. The van der Waals surface area contributed by atoms with Gasteiger partial charge in [0.1, 0.15) is 11.5 Å². The summed E-state index contributed by atoms with van der Waals surface area (Å²) in [4.78, 5) is 28.2. The van der Waals surface area contributed by atoms with E-state index in [1.807, 2.05) is 19.1 Å². The van der Waals surface area contributed by atoms with E-state index >= 15 is 0 Å². The zero-order valence-electron chi connectivity index (χ0n) is 15.4. The Morgan fingerprint density at radius 2 is 1.52 bits per heavy atom. The lowest BCUT2D eigenvalue weighted by Crippen LogP contribution is -2.33. The fourth-order valence-corrected chi connectivity index (χ4v) is 2.99. The molecule has 0 unspecified atom stereocenters. The molecule has 1 aromatic rings. The minimum atomic E-state index is -0.0452. The molecule has 0 N–H and O–H groups in total. The lowest BCUT2D eigenvalue weighted by Gasteiger charge is -2.24. The number of fused-ring (bicyclic) bond motifs is 2. The van der Waals surface area contributed by atoms with Gasteiger partial charge in [0.2, 0.25) is 11.8 Å². The number of hydrogen-bond donors (Lipinski definition) is 0. The van der Waals surface area contributed by atoms with E-state index in [1.165, 1.54) is 0 Å². The Hall–Kier alpha value is -2.24. The number of carbonyl (C=O) groups excluding carboxylic acids is 2. The number of nitrogens with zero attached hydrogens (tertiary/aromatic N) is 2. The van der Waals surface area contributed by atoms with E-state index in [0.29, 0.717) is 24.3 Å². The Balaban J connectivity index is 1.83. The molecule has 0 fully saturated rings. The van der Waals surface area contributed by atoms with Crippen molar-refractivity contribution >= 4 is 23.2 Å². The first-order valence-corrected chi connectivity index (χ1v) is 8.90. The number of ether oxygens (including phenoxy) is 2. The number of amides is 2. The Morgan fingerprint density at radius 3 is 2.00 bits per heavy atom. The molecule has 6 nitrogen and oxygen atoms in total. The SMILES string of the molecule is CCCC(=O)N1COc2cc3c(cc21)OCN3C(=O)CC(C)(C)CC. The van der Waals surface area contributed by atoms with Gasteiger partial charge in [-0.15, -0.1) is 0 Å². The van der Waals surface area contributed by atoms with Crippen molar-refractivity contribution in [1.82, 2.24) is 0 Å². The first-order valence-electron chi connectivity index (χ1n) is 8.90. The molecular weight excluding hydrogens is 320 g/mol. The molecule has 3 rings (SSSR count). The number of hydrogen-bond acceptors (Lipinski definition) is 4. The van der Waals surface area contributed by atoms with Crippen LogP contribution in [0.4, 0.5) is 11.4 Å². The van der Waals surface area contributed by atoms with Gasteiger partial charge in [0, 0.05) is 25.0 Å². The quantitative estimate of drug-likeness (QED) is 0.816. The van der Waals surface area contributed by atoms with E-state index < -0.39 is 0 Å². The minimum absolute atomic E-state index is 0.0387. The second-order valence-electron chi connectivity index (χ2n) is 7.42. The summed E-state index contributed by atoms with van der Waals surface area (Å²) < 4.78 is 11.4. The van der Waals surface area contributed by atoms with Crippen LogP contribution in [0.5, 0.6) is 11.5 Å². The molecule has 2 heterocycles. The Labute approximate surface area is 148 Å². The topological polar surface area (TPSA) is 59.1 Å². The van der Waals surface area contributed by atoms with Crippen molar-refractivity contribution in [2.24, 2.45) is 5.41 Å². The molecule has 2 amide bonds. The standard InChI is InChI=1S/C19H26N2O4/c1-5-7-17(22)20-11-24-15-9-14-16(8-13(15)20)25-12-21(14)18(23)10-19(3,4)6-2/h8-9H,5-7,10-12H2,1-4H3. The van der Waals surface area contributed by atoms with Gasteiger partial charge >= 0.3 is 0 Å². The maximum absolute atomic E-state index is 12.7. The molecule has 2 aliphatic heterocycles. The molecule has 25 heavy (non-hydrogen) atoms. The molecule has 136 valence electrons. The molecule has 1 aromatic carbocycles. The molecule has 0 aliphatic carbocycles. The Kier molecular flexibility index (Phi) is 4.62. The van der Waals surface area contributed by atoms with E-state index in [4.69, 9.17) is 9.47 Å². The summed E-state index contributed by atoms with van der Waals surface area (Å²) in [5, 5.41) is 0. The highest BCUT2D eigenvalue weighted by atomic mass is 16.5. The smallest absolute Gasteiger partial charge is 0.230 e. The molecule has 0 spiro atoms. The maximum atomic E-state index is 12.7. The average molecular weight is 346 g/mol. The molecule has 0 atom stereocenters.